The number of aliphatic hydroxyl groups is 1. The fraction of sp³-hybridized carbons (Fsp3) is 0.615. The summed E-state index contributed by atoms with van der Waals surface area (Å²) in [5.74, 6) is 0.0620. The third-order valence-corrected chi connectivity index (χ3v) is 4.27. The minimum atomic E-state index is 0.0620. The highest BCUT2D eigenvalue weighted by atomic mass is 32.1. The molecule has 5 heteroatoms. The lowest BCUT2D eigenvalue weighted by atomic mass is 10.2. The van der Waals surface area contributed by atoms with E-state index in [9.17, 15) is 9.90 Å². The van der Waals surface area contributed by atoms with Crippen LogP contribution in [0.3, 0.4) is 0 Å². The van der Waals surface area contributed by atoms with Crippen LogP contribution in [-0.4, -0.2) is 48.2 Å². The number of likely N-dealkylation sites (tertiary alicyclic amines) is 1. The van der Waals surface area contributed by atoms with Crippen molar-refractivity contribution in [1.29, 1.82) is 0 Å². The number of carbonyl (C=O) groups excluding carboxylic acids is 1. The number of aliphatic hydroxyl groups excluding tert-OH is 1. The van der Waals surface area contributed by atoms with Crippen molar-refractivity contribution < 1.29 is 9.90 Å². The summed E-state index contributed by atoms with van der Waals surface area (Å²) in [6.45, 7) is 2.18. The van der Waals surface area contributed by atoms with Crippen molar-refractivity contribution >= 4 is 17.2 Å². The van der Waals surface area contributed by atoms with Crippen LogP contribution in [-0.2, 0) is 11.2 Å². The molecule has 1 aliphatic rings. The summed E-state index contributed by atoms with van der Waals surface area (Å²) in [5, 5.41) is 14.2. The van der Waals surface area contributed by atoms with Gasteiger partial charge < -0.3 is 10.4 Å². The van der Waals surface area contributed by atoms with E-state index in [1.54, 1.807) is 11.3 Å². The molecule has 2 heterocycles. The lowest BCUT2D eigenvalue weighted by molar-refractivity contribution is -0.122. The van der Waals surface area contributed by atoms with Gasteiger partial charge in [-0.1, -0.05) is 6.07 Å². The Morgan fingerprint density at radius 2 is 2.50 bits per heavy atom. The van der Waals surface area contributed by atoms with E-state index in [-0.39, 0.29) is 18.6 Å². The molecule has 2 rings (SSSR count). The number of hydrogen-bond acceptors (Lipinski definition) is 4. The molecule has 1 aromatic heterocycles. The molecule has 1 aliphatic heterocycles. The average molecular weight is 268 g/mol. The van der Waals surface area contributed by atoms with Gasteiger partial charge in [-0.15, -0.1) is 11.3 Å². The number of carbonyl (C=O) groups is 1. The molecule has 0 spiro atoms. The summed E-state index contributed by atoms with van der Waals surface area (Å²) in [5.41, 5.74) is 0. The SMILES string of the molecule is O=C(CN1CCCC1CO)NCCc1cccs1. The van der Waals surface area contributed by atoms with Crippen LogP contribution in [0.15, 0.2) is 17.5 Å². The van der Waals surface area contributed by atoms with Crippen LogP contribution in [0.5, 0.6) is 0 Å². The Morgan fingerprint density at radius 1 is 1.61 bits per heavy atom. The smallest absolute Gasteiger partial charge is 0.234 e. The Balaban J connectivity index is 1.65. The second-order valence-corrected chi connectivity index (χ2v) is 5.66. The number of nitrogens with zero attached hydrogens (tertiary/aromatic N) is 1. The van der Waals surface area contributed by atoms with E-state index in [2.05, 4.69) is 16.3 Å². The maximum Gasteiger partial charge on any atom is 0.234 e. The molecular weight excluding hydrogens is 248 g/mol. The third-order valence-electron chi connectivity index (χ3n) is 3.33. The highest BCUT2D eigenvalue weighted by Crippen LogP contribution is 2.15. The number of nitrogens with one attached hydrogen (secondary N) is 1. The molecule has 1 unspecified atom stereocenters. The Hall–Kier alpha value is -0.910. The molecule has 100 valence electrons. The highest BCUT2D eigenvalue weighted by molar-refractivity contribution is 7.09. The fourth-order valence-corrected chi connectivity index (χ4v) is 3.04. The third kappa shape index (κ3) is 3.80. The molecule has 1 atom stereocenters. The maximum atomic E-state index is 11.8. The molecule has 1 aromatic rings. The van der Waals surface area contributed by atoms with E-state index >= 15 is 0 Å². The lowest BCUT2D eigenvalue weighted by Crippen LogP contribution is -2.41. The molecule has 0 aromatic carbocycles. The van der Waals surface area contributed by atoms with Crippen molar-refractivity contribution in [1.82, 2.24) is 10.2 Å². The largest absolute Gasteiger partial charge is 0.395 e. The highest BCUT2D eigenvalue weighted by Gasteiger charge is 2.25. The summed E-state index contributed by atoms with van der Waals surface area (Å²) < 4.78 is 0. The first kappa shape index (κ1) is 13.5. The van der Waals surface area contributed by atoms with Crippen molar-refractivity contribution in [3.05, 3.63) is 22.4 Å². The average Bonchev–Trinajstić information content (AvgIpc) is 3.00. The predicted molar refractivity (Wildman–Crippen MR) is 72.7 cm³/mol. The molecule has 1 amide bonds. The van der Waals surface area contributed by atoms with Gasteiger partial charge in [0.15, 0.2) is 0 Å². The summed E-state index contributed by atoms with van der Waals surface area (Å²) >= 11 is 1.72. The van der Waals surface area contributed by atoms with Gasteiger partial charge in [-0.05, 0) is 37.3 Å². The first-order valence-corrected chi connectivity index (χ1v) is 7.31. The van der Waals surface area contributed by atoms with Crippen molar-refractivity contribution in [3.63, 3.8) is 0 Å². The van der Waals surface area contributed by atoms with Crippen LogP contribution >= 0.6 is 11.3 Å². The summed E-state index contributed by atoms with van der Waals surface area (Å²) in [6, 6.07) is 4.28. The maximum absolute atomic E-state index is 11.8. The van der Waals surface area contributed by atoms with Gasteiger partial charge >= 0.3 is 0 Å². The topological polar surface area (TPSA) is 52.6 Å². The zero-order valence-corrected chi connectivity index (χ0v) is 11.3. The monoisotopic (exact) mass is 268 g/mol. The molecule has 18 heavy (non-hydrogen) atoms. The van der Waals surface area contributed by atoms with Crippen molar-refractivity contribution in [2.24, 2.45) is 0 Å². The Kier molecular flexibility index (Phi) is 5.16. The zero-order valence-electron chi connectivity index (χ0n) is 10.5. The van der Waals surface area contributed by atoms with Crippen LogP contribution in [0.25, 0.3) is 0 Å². The van der Waals surface area contributed by atoms with E-state index < -0.39 is 0 Å². The van der Waals surface area contributed by atoms with Crippen LogP contribution in [0.2, 0.25) is 0 Å². The van der Waals surface area contributed by atoms with E-state index in [4.69, 9.17) is 0 Å². The number of hydrogen-bond donors (Lipinski definition) is 2. The van der Waals surface area contributed by atoms with Crippen molar-refractivity contribution in [2.75, 3.05) is 26.2 Å². The molecule has 1 saturated heterocycles. The number of rotatable bonds is 6. The van der Waals surface area contributed by atoms with Gasteiger partial charge in [0.1, 0.15) is 0 Å². The summed E-state index contributed by atoms with van der Waals surface area (Å²) in [7, 11) is 0. The molecule has 1 fully saturated rings. The Morgan fingerprint density at radius 3 is 3.22 bits per heavy atom. The van der Waals surface area contributed by atoms with Gasteiger partial charge in [-0.3, -0.25) is 9.69 Å². The second-order valence-electron chi connectivity index (χ2n) is 4.63. The first-order chi connectivity index (χ1) is 8.79. The molecule has 0 radical (unpaired) electrons. The van der Waals surface area contributed by atoms with Gasteiger partial charge in [0.2, 0.25) is 5.91 Å². The Bertz CT molecular complexity index is 367. The lowest BCUT2D eigenvalue weighted by Gasteiger charge is -2.21. The second kappa shape index (κ2) is 6.87. The molecular formula is C13H20N2O2S. The van der Waals surface area contributed by atoms with E-state index in [1.807, 2.05) is 11.4 Å². The number of thiophene rings is 1. The van der Waals surface area contributed by atoms with Crippen LogP contribution in [0.4, 0.5) is 0 Å². The van der Waals surface area contributed by atoms with E-state index in [0.717, 1.165) is 25.8 Å². The van der Waals surface area contributed by atoms with Gasteiger partial charge in [-0.25, -0.2) is 0 Å². The number of amides is 1. The van der Waals surface area contributed by atoms with Crippen molar-refractivity contribution in [2.45, 2.75) is 25.3 Å². The first-order valence-electron chi connectivity index (χ1n) is 6.43. The quantitative estimate of drug-likeness (QED) is 0.805. The summed E-state index contributed by atoms with van der Waals surface area (Å²) in [6.07, 6.45) is 2.97. The zero-order chi connectivity index (χ0) is 12.8. The van der Waals surface area contributed by atoms with Gasteiger partial charge in [0.25, 0.3) is 0 Å². The standard InChI is InChI=1S/C13H20N2O2S/c16-10-11-3-1-7-15(11)9-13(17)14-6-5-12-4-2-8-18-12/h2,4,8,11,16H,1,3,5-7,9-10H2,(H,14,17). The molecule has 0 aliphatic carbocycles. The van der Waals surface area contributed by atoms with Gasteiger partial charge in [0.05, 0.1) is 13.2 Å². The Labute approximate surface area is 112 Å². The van der Waals surface area contributed by atoms with Crippen LogP contribution in [0.1, 0.15) is 17.7 Å². The van der Waals surface area contributed by atoms with Crippen molar-refractivity contribution in [3.8, 4) is 0 Å². The molecule has 0 bridgehead atoms. The molecule has 4 nitrogen and oxygen atoms in total. The fourth-order valence-electron chi connectivity index (χ4n) is 2.33. The van der Waals surface area contributed by atoms with E-state index in [0.29, 0.717) is 13.1 Å². The normalized spacial score (nSPS) is 20.2. The van der Waals surface area contributed by atoms with E-state index in [1.165, 1.54) is 4.88 Å². The van der Waals surface area contributed by atoms with Crippen LogP contribution < -0.4 is 5.32 Å². The predicted octanol–water partition coefficient (Wildman–Crippen LogP) is 0.864. The van der Waals surface area contributed by atoms with Crippen LogP contribution in [0, 0.1) is 0 Å². The van der Waals surface area contributed by atoms with Gasteiger partial charge in [0, 0.05) is 17.5 Å². The molecule has 2 N–H and O–H groups in total. The minimum absolute atomic E-state index is 0.0620. The molecule has 0 saturated carbocycles. The van der Waals surface area contributed by atoms with Gasteiger partial charge in [-0.2, -0.15) is 0 Å². The summed E-state index contributed by atoms with van der Waals surface area (Å²) in [4.78, 5) is 15.1. The minimum Gasteiger partial charge on any atom is -0.395 e.